The molecule has 0 fully saturated rings. The molecule has 0 saturated heterocycles. The highest BCUT2D eigenvalue weighted by molar-refractivity contribution is 4.62. The maximum atomic E-state index is 11.9. The third-order valence-corrected chi connectivity index (χ3v) is 2.12. The van der Waals surface area contributed by atoms with Crippen LogP contribution in [-0.4, -0.2) is 44.3 Å². The molecule has 0 aromatic rings. The summed E-state index contributed by atoms with van der Waals surface area (Å²) in [5.41, 5.74) is 0. The molecule has 0 aromatic carbocycles. The Labute approximate surface area is 83.5 Å². The van der Waals surface area contributed by atoms with Gasteiger partial charge in [0.1, 0.15) is 0 Å². The van der Waals surface area contributed by atoms with Gasteiger partial charge < -0.3 is 5.32 Å². The van der Waals surface area contributed by atoms with Crippen molar-refractivity contribution < 1.29 is 13.2 Å². The van der Waals surface area contributed by atoms with Gasteiger partial charge >= 0.3 is 6.18 Å². The third kappa shape index (κ3) is 8.31. The van der Waals surface area contributed by atoms with Crippen molar-refractivity contribution in [1.82, 2.24) is 10.2 Å². The van der Waals surface area contributed by atoms with E-state index in [4.69, 9.17) is 0 Å². The lowest BCUT2D eigenvalue weighted by Crippen LogP contribution is -2.32. The Kier molecular flexibility index (Phi) is 6.11. The molecule has 0 amide bonds. The lowest BCUT2D eigenvalue weighted by Gasteiger charge is -2.19. The van der Waals surface area contributed by atoms with Crippen molar-refractivity contribution >= 4 is 0 Å². The quantitative estimate of drug-likeness (QED) is 0.723. The van der Waals surface area contributed by atoms with Gasteiger partial charge in [-0.3, -0.25) is 4.90 Å². The van der Waals surface area contributed by atoms with Gasteiger partial charge in [-0.2, -0.15) is 13.2 Å². The molecule has 0 aliphatic heterocycles. The van der Waals surface area contributed by atoms with Crippen LogP contribution in [0.5, 0.6) is 0 Å². The molecule has 1 unspecified atom stereocenters. The predicted molar refractivity (Wildman–Crippen MR) is 51.3 cm³/mol. The SMILES string of the molecule is CNC(C)CCCN(C)CC(F)(F)F. The Morgan fingerprint density at radius 3 is 2.36 bits per heavy atom. The van der Waals surface area contributed by atoms with Gasteiger partial charge in [0.05, 0.1) is 6.54 Å². The van der Waals surface area contributed by atoms with E-state index in [0.29, 0.717) is 12.6 Å². The third-order valence-electron chi connectivity index (χ3n) is 2.12. The maximum Gasteiger partial charge on any atom is 0.401 e. The molecule has 1 atom stereocenters. The van der Waals surface area contributed by atoms with Crippen LogP contribution in [0, 0.1) is 0 Å². The topological polar surface area (TPSA) is 15.3 Å². The molecule has 0 rings (SSSR count). The predicted octanol–water partition coefficient (Wildman–Crippen LogP) is 1.87. The summed E-state index contributed by atoms with van der Waals surface area (Å²) in [5, 5.41) is 3.05. The average molecular weight is 212 g/mol. The first kappa shape index (κ1) is 13.7. The summed E-state index contributed by atoms with van der Waals surface area (Å²) < 4.78 is 35.7. The van der Waals surface area contributed by atoms with Crippen LogP contribution < -0.4 is 5.32 Å². The number of hydrogen-bond acceptors (Lipinski definition) is 2. The molecule has 0 aliphatic rings. The van der Waals surface area contributed by atoms with E-state index in [2.05, 4.69) is 5.32 Å². The Balaban J connectivity index is 3.50. The Morgan fingerprint density at radius 1 is 1.36 bits per heavy atom. The van der Waals surface area contributed by atoms with E-state index < -0.39 is 12.7 Å². The fourth-order valence-corrected chi connectivity index (χ4v) is 1.20. The van der Waals surface area contributed by atoms with E-state index in [0.717, 1.165) is 12.8 Å². The van der Waals surface area contributed by atoms with Crippen LogP contribution >= 0.6 is 0 Å². The molecular formula is C9H19F3N2. The lowest BCUT2D eigenvalue weighted by atomic mass is 10.2. The number of nitrogens with zero attached hydrogens (tertiary/aromatic N) is 1. The van der Waals surface area contributed by atoms with E-state index in [-0.39, 0.29) is 0 Å². The number of hydrogen-bond donors (Lipinski definition) is 1. The van der Waals surface area contributed by atoms with Crippen molar-refractivity contribution in [2.75, 3.05) is 27.2 Å². The second-order valence-corrected chi connectivity index (χ2v) is 3.68. The molecule has 5 heteroatoms. The summed E-state index contributed by atoms with van der Waals surface area (Å²) in [7, 11) is 3.35. The first-order valence-electron chi connectivity index (χ1n) is 4.77. The Morgan fingerprint density at radius 2 is 1.93 bits per heavy atom. The van der Waals surface area contributed by atoms with E-state index in [1.165, 1.54) is 11.9 Å². The van der Waals surface area contributed by atoms with Crippen LogP contribution in [0.1, 0.15) is 19.8 Å². The first-order valence-corrected chi connectivity index (χ1v) is 4.77. The minimum Gasteiger partial charge on any atom is -0.317 e. The zero-order valence-electron chi connectivity index (χ0n) is 8.99. The molecule has 0 saturated carbocycles. The standard InChI is InChI=1S/C9H19F3N2/c1-8(13-2)5-4-6-14(3)7-9(10,11)12/h8,13H,4-7H2,1-3H3. The molecule has 1 N–H and O–H groups in total. The van der Waals surface area contributed by atoms with Crippen molar-refractivity contribution in [3.63, 3.8) is 0 Å². The van der Waals surface area contributed by atoms with E-state index in [1.807, 2.05) is 14.0 Å². The molecule has 0 spiro atoms. The Bertz CT molecular complexity index is 147. The van der Waals surface area contributed by atoms with E-state index >= 15 is 0 Å². The second-order valence-electron chi connectivity index (χ2n) is 3.68. The Hall–Kier alpha value is -0.290. The van der Waals surface area contributed by atoms with Crippen LogP contribution in [0.15, 0.2) is 0 Å². The summed E-state index contributed by atoms with van der Waals surface area (Å²) in [4.78, 5) is 1.31. The molecule has 0 radical (unpaired) electrons. The maximum absolute atomic E-state index is 11.9. The first-order chi connectivity index (χ1) is 6.35. The van der Waals surface area contributed by atoms with Crippen molar-refractivity contribution in [1.29, 1.82) is 0 Å². The van der Waals surface area contributed by atoms with Gasteiger partial charge in [-0.25, -0.2) is 0 Å². The van der Waals surface area contributed by atoms with Gasteiger partial charge in [0.25, 0.3) is 0 Å². The van der Waals surface area contributed by atoms with Crippen LogP contribution in [0.3, 0.4) is 0 Å². The molecule has 14 heavy (non-hydrogen) atoms. The fourth-order valence-electron chi connectivity index (χ4n) is 1.20. The van der Waals surface area contributed by atoms with Crippen LogP contribution in [0.4, 0.5) is 13.2 Å². The second kappa shape index (κ2) is 6.24. The van der Waals surface area contributed by atoms with E-state index in [9.17, 15) is 13.2 Å². The minimum absolute atomic E-state index is 0.370. The summed E-state index contributed by atoms with van der Waals surface area (Å²) in [6.45, 7) is 1.69. The van der Waals surface area contributed by atoms with Gasteiger partial charge in [-0.1, -0.05) is 0 Å². The largest absolute Gasteiger partial charge is 0.401 e. The molecule has 2 nitrogen and oxygen atoms in total. The molecule has 86 valence electrons. The van der Waals surface area contributed by atoms with E-state index in [1.54, 1.807) is 0 Å². The number of nitrogens with one attached hydrogen (secondary N) is 1. The van der Waals surface area contributed by atoms with Crippen LogP contribution in [0.25, 0.3) is 0 Å². The highest BCUT2D eigenvalue weighted by Gasteiger charge is 2.28. The van der Waals surface area contributed by atoms with Crippen LogP contribution in [0.2, 0.25) is 0 Å². The molecule has 0 heterocycles. The fraction of sp³-hybridized carbons (Fsp3) is 1.00. The highest BCUT2D eigenvalue weighted by atomic mass is 19.4. The van der Waals surface area contributed by atoms with Gasteiger partial charge in [-0.15, -0.1) is 0 Å². The molecule has 0 bridgehead atoms. The summed E-state index contributed by atoms with van der Waals surface area (Å²) in [6.07, 6.45) is -2.39. The zero-order valence-corrected chi connectivity index (χ0v) is 8.99. The summed E-state index contributed by atoms with van der Waals surface area (Å²) in [6, 6.07) is 0.370. The van der Waals surface area contributed by atoms with Gasteiger partial charge in [0, 0.05) is 6.04 Å². The number of alkyl halides is 3. The van der Waals surface area contributed by atoms with Crippen LogP contribution in [-0.2, 0) is 0 Å². The van der Waals surface area contributed by atoms with Crippen molar-refractivity contribution in [3.05, 3.63) is 0 Å². The minimum atomic E-state index is -4.08. The van der Waals surface area contributed by atoms with Gasteiger partial charge in [0.2, 0.25) is 0 Å². The van der Waals surface area contributed by atoms with Crippen molar-refractivity contribution in [2.45, 2.75) is 32.0 Å². The van der Waals surface area contributed by atoms with Crippen molar-refractivity contribution in [2.24, 2.45) is 0 Å². The lowest BCUT2D eigenvalue weighted by molar-refractivity contribution is -0.143. The number of halogens is 3. The van der Waals surface area contributed by atoms with Gasteiger partial charge in [-0.05, 0) is 40.4 Å². The zero-order chi connectivity index (χ0) is 11.2. The van der Waals surface area contributed by atoms with Gasteiger partial charge in [0.15, 0.2) is 0 Å². The molecular weight excluding hydrogens is 193 g/mol. The smallest absolute Gasteiger partial charge is 0.317 e. The summed E-state index contributed by atoms with van der Waals surface area (Å²) in [5.74, 6) is 0. The monoisotopic (exact) mass is 212 g/mol. The number of rotatable bonds is 6. The van der Waals surface area contributed by atoms with Crippen molar-refractivity contribution in [3.8, 4) is 0 Å². The highest BCUT2D eigenvalue weighted by Crippen LogP contribution is 2.15. The average Bonchev–Trinajstić information content (AvgIpc) is 2.00. The summed E-state index contributed by atoms with van der Waals surface area (Å²) >= 11 is 0. The molecule has 0 aromatic heterocycles. The molecule has 0 aliphatic carbocycles. The normalized spacial score (nSPS) is 14.8.